The van der Waals surface area contributed by atoms with Gasteiger partial charge < -0.3 is 14.2 Å². The van der Waals surface area contributed by atoms with Gasteiger partial charge in [0.2, 0.25) is 5.91 Å². The molecule has 0 N–H and O–H groups in total. The molecule has 1 saturated heterocycles. The molecule has 3 aromatic rings. The van der Waals surface area contributed by atoms with E-state index in [2.05, 4.69) is 11.1 Å². The van der Waals surface area contributed by atoms with E-state index in [0.717, 1.165) is 17.7 Å². The first-order valence-corrected chi connectivity index (χ1v) is 8.80. The summed E-state index contributed by atoms with van der Waals surface area (Å²) in [5.41, 5.74) is 2.19. The van der Waals surface area contributed by atoms with Gasteiger partial charge in [0.1, 0.15) is 11.8 Å². The SMILES string of the molecule is N#Cc1ccc(Cn2ccnc2)cc1Oc1ccccc1N1CCCC1=O. The number of carbonyl (C=O) groups is 1. The van der Waals surface area contributed by atoms with Crippen molar-refractivity contribution in [3.8, 4) is 17.6 Å². The van der Waals surface area contributed by atoms with Crippen molar-refractivity contribution in [2.45, 2.75) is 19.4 Å². The Morgan fingerprint density at radius 3 is 2.81 bits per heavy atom. The maximum atomic E-state index is 12.1. The number of rotatable bonds is 5. The van der Waals surface area contributed by atoms with E-state index in [-0.39, 0.29) is 5.91 Å². The van der Waals surface area contributed by atoms with Crippen LogP contribution in [0.15, 0.2) is 61.2 Å². The standard InChI is InChI=1S/C21H18N4O2/c22-13-17-8-7-16(14-24-11-9-23-15-24)12-20(17)27-19-5-2-1-4-18(19)25-10-3-6-21(25)26/h1-2,4-5,7-9,11-12,15H,3,6,10,14H2. The molecule has 0 saturated carbocycles. The van der Waals surface area contributed by atoms with E-state index >= 15 is 0 Å². The number of hydrogen-bond donors (Lipinski definition) is 0. The minimum absolute atomic E-state index is 0.0976. The van der Waals surface area contributed by atoms with Crippen LogP contribution in [0, 0.1) is 11.3 Å². The second-order valence-electron chi connectivity index (χ2n) is 6.40. The van der Waals surface area contributed by atoms with Gasteiger partial charge in [0.15, 0.2) is 5.75 Å². The van der Waals surface area contributed by atoms with Crippen LogP contribution in [0.1, 0.15) is 24.0 Å². The van der Waals surface area contributed by atoms with Crippen LogP contribution in [0.2, 0.25) is 0 Å². The van der Waals surface area contributed by atoms with E-state index in [1.165, 1.54) is 0 Å². The van der Waals surface area contributed by atoms with Crippen LogP contribution in [0.5, 0.6) is 11.5 Å². The van der Waals surface area contributed by atoms with Gasteiger partial charge in [0.05, 0.1) is 17.6 Å². The molecular weight excluding hydrogens is 340 g/mol. The molecule has 1 amide bonds. The lowest BCUT2D eigenvalue weighted by atomic mass is 10.1. The van der Waals surface area contributed by atoms with Crippen LogP contribution >= 0.6 is 0 Å². The van der Waals surface area contributed by atoms with Crippen molar-refractivity contribution in [2.24, 2.45) is 0 Å². The molecule has 2 aromatic carbocycles. The molecule has 4 rings (SSSR count). The van der Waals surface area contributed by atoms with Gasteiger partial charge in [-0.2, -0.15) is 5.26 Å². The molecule has 0 atom stereocenters. The average Bonchev–Trinajstić information content (AvgIpc) is 3.34. The first-order chi connectivity index (χ1) is 13.2. The Morgan fingerprint density at radius 2 is 2.07 bits per heavy atom. The topological polar surface area (TPSA) is 71.2 Å². The van der Waals surface area contributed by atoms with E-state index < -0.39 is 0 Å². The molecule has 6 heteroatoms. The fourth-order valence-corrected chi connectivity index (χ4v) is 3.22. The molecule has 6 nitrogen and oxygen atoms in total. The monoisotopic (exact) mass is 358 g/mol. The summed E-state index contributed by atoms with van der Waals surface area (Å²) in [7, 11) is 0. The Kier molecular flexibility index (Phi) is 4.58. The van der Waals surface area contributed by atoms with E-state index in [9.17, 15) is 10.1 Å². The number of hydrogen-bond acceptors (Lipinski definition) is 4. The molecule has 27 heavy (non-hydrogen) atoms. The van der Waals surface area contributed by atoms with Gasteiger partial charge in [0, 0.05) is 31.9 Å². The Bertz CT molecular complexity index is 1010. The number of ether oxygens (including phenoxy) is 1. The molecular formula is C21H18N4O2. The van der Waals surface area contributed by atoms with Gasteiger partial charge >= 0.3 is 0 Å². The first-order valence-electron chi connectivity index (χ1n) is 8.80. The van der Waals surface area contributed by atoms with Crippen molar-refractivity contribution in [2.75, 3.05) is 11.4 Å². The minimum Gasteiger partial charge on any atom is -0.454 e. The normalized spacial score (nSPS) is 13.6. The summed E-state index contributed by atoms with van der Waals surface area (Å²) in [5.74, 6) is 1.15. The molecule has 1 aromatic heterocycles. The average molecular weight is 358 g/mol. The number of anilines is 1. The zero-order valence-electron chi connectivity index (χ0n) is 14.7. The van der Waals surface area contributed by atoms with Gasteiger partial charge in [-0.1, -0.05) is 18.2 Å². The maximum Gasteiger partial charge on any atom is 0.227 e. The summed E-state index contributed by atoms with van der Waals surface area (Å²) < 4.78 is 8.06. The highest BCUT2D eigenvalue weighted by Gasteiger charge is 2.24. The fourth-order valence-electron chi connectivity index (χ4n) is 3.22. The van der Waals surface area contributed by atoms with E-state index in [4.69, 9.17) is 4.74 Å². The van der Waals surface area contributed by atoms with E-state index in [1.54, 1.807) is 23.5 Å². The van der Waals surface area contributed by atoms with Crippen LogP contribution in [-0.4, -0.2) is 22.0 Å². The van der Waals surface area contributed by atoms with E-state index in [0.29, 0.717) is 36.6 Å². The molecule has 1 aliphatic heterocycles. The smallest absolute Gasteiger partial charge is 0.227 e. The molecule has 134 valence electrons. The predicted molar refractivity (Wildman–Crippen MR) is 101 cm³/mol. The van der Waals surface area contributed by atoms with Crippen LogP contribution < -0.4 is 9.64 Å². The number of nitrogens with zero attached hydrogens (tertiary/aromatic N) is 4. The van der Waals surface area contributed by atoms with Crippen molar-refractivity contribution < 1.29 is 9.53 Å². The Hall–Kier alpha value is -3.59. The van der Waals surface area contributed by atoms with Crippen molar-refractivity contribution in [3.63, 3.8) is 0 Å². The second kappa shape index (κ2) is 7.34. The van der Waals surface area contributed by atoms with Gasteiger partial charge in [-0.25, -0.2) is 4.98 Å². The predicted octanol–water partition coefficient (Wildman–Crippen LogP) is 3.72. The van der Waals surface area contributed by atoms with Gasteiger partial charge in [-0.15, -0.1) is 0 Å². The Morgan fingerprint density at radius 1 is 1.19 bits per heavy atom. The van der Waals surface area contributed by atoms with Gasteiger partial charge in [0.25, 0.3) is 0 Å². The number of para-hydroxylation sites is 2. The molecule has 0 unspecified atom stereocenters. The summed E-state index contributed by atoms with van der Waals surface area (Å²) in [4.78, 5) is 17.9. The van der Waals surface area contributed by atoms with Crippen LogP contribution in [-0.2, 0) is 11.3 Å². The third-order valence-electron chi connectivity index (χ3n) is 4.54. The number of imidazole rings is 1. The third-order valence-corrected chi connectivity index (χ3v) is 4.54. The first kappa shape index (κ1) is 16.9. The molecule has 0 bridgehead atoms. The Labute approximate surface area is 157 Å². The van der Waals surface area contributed by atoms with Gasteiger partial charge in [-0.05, 0) is 36.2 Å². The number of nitriles is 1. The molecule has 0 spiro atoms. The van der Waals surface area contributed by atoms with Crippen LogP contribution in [0.3, 0.4) is 0 Å². The summed E-state index contributed by atoms with van der Waals surface area (Å²) >= 11 is 0. The largest absolute Gasteiger partial charge is 0.454 e. The summed E-state index contributed by atoms with van der Waals surface area (Å²) in [6.45, 7) is 1.32. The molecule has 1 fully saturated rings. The quantitative estimate of drug-likeness (QED) is 0.697. The van der Waals surface area contributed by atoms with Gasteiger partial charge in [-0.3, -0.25) is 4.79 Å². The number of benzene rings is 2. The zero-order chi connectivity index (χ0) is 18.6. The minimum atomic E-state index is 0.0976. The highest BCUT2D eigenvalue weighted by Crippen LogP contribution is 2.36. The highest BCUT2D eigenvalue weighted by molar-refractivity contribution is 5.96. The fraction of sp³-hybridized carbons (Fsp3) is 0.190. The zero-order valence-corrected chi connectivity index (χ0v) is 14.7. The van der Waals surface area contributed by atoms with E-state index in [1.807, 2.05) is 47.2 Å². The van der Waals surface area contributed by atoms with Crippen LogP contribution in [0.25, 0.3) is 0 Å². The van der Waals surface area contributed by atoms with Crippen molar-refractivity contribution in [1.29, 1.82) is 5.26 Å². The lowest BCUT2D eigenvalue weighted by Gasteiger charge is -2.20. The lowest BCUT2D eigenvalue weighted by molar-refractivity contribution is -0.117. The second-order valence-corrected chi connectivity index (χ2v) is 6.40. The molecule has 0 radical (unpaired) electrons. The van der Waals surface area contributed by atoms with Crippen molar-refractivity contribution in [3.05, 3.63) is 72.3 Å². The number of carbonyl (C=O) groups excluding carboxylic acids is 1. The molecule has 1 aliphatic rings. The summed E-state index contributed by atoms with van der Waals surface area (Å²) in [6, 6.07) is 15.1. The molecule has 2 heterocycles. The maximum absolute atomic E-state index is 12.1. The molecule has 0 aliphatic carbocycles. The third kappa shape index (κ3) is 3.53. The number of aromatic nitrogens is 2. The lowest BCUT2D eigenvalue weighted by Crippen LogP contribution is -2.24. The highest BCUT2D eigenvalue weighted by atomic mass is 16.5. The summed E-state index contributed by atoms with van der Waals surface area (Å²) in [6.07, 6.45) is 6.75. The number of amides is 1. The van der Waals surface area contributed by atoms with Crippen LogP contribution in [0.4, 0.5) is 5.69 Å². The van der Waals surface area contributed by atoms with Crippen molar-refractivity contribution >= 4 is 11.6 Å². The Balaban J connectivity index is 1.66. The van der Waals surface area contributed by atoms with Crippen molar-refractivity contribution in [1.82, 2.24) is 9.55 Å². The summed E-state index contributed by atoms with van der Waals surface area (Å²) in [5, 5.41) is 9.46.